The molecule has 1 saturated heterocycles. The molecule has 0 aromatic heterocycles. The molecule has 0 saturated carbocycles. The minimum absolute atomic E-state index is 0.0808. The Labute approximate surface area is 125 Å². The van der Waals surface area contributed by atoms with Crippen molar-refractivity contribution in [2.75, 3.05) is 18.8 Å². The van der Waals surface area contributed by atoms with Crippen LogP contribution in [0.5, 0.6) is 0 Å². The first kappa shape index (κ1) is 15.8. The second-order valence-corrected chi connectivity index (χ2v) is 5.93. The van der Waals surface area contributed by atoms with E-state index in [0.29, 0.717) is 24.3 Å². The van der Waals surface area contributed by atoms with E-state index in [4.69, 9.17) is 5.11 Å². The fourth-order valence-electron chi connectivity index (χ4n) is 2.21. The lowest BCUT2D eigenvalue weighted by Gasteiger charge is -2.30. The van der Waals surface area contributed by atoms with Crippen LogP contribution in [0.1, 0.15) is 12.8 Å². The molecule has 114 valence electrons. The van der Waals surface area contributed by atoms with Gasteiger partial charge in [-0.3, -0.25) is 9.59 Å². The van der Waals surface area contributed by atoms with Crippen LogP contribution in [-0.4, -0.2) is 40.7 Å². The van der Waals surface area contributed by atoms with E-state index in [2.05, 4.69) is 0 Å². The number of carboxylic acid groups (broad SMARTS) is 1. The molecule has 1 atom stereocenters. The number of aliphatic carboxylic acids is 1. The van der Waals surface area contributed by atoms with Gasteiger partial charge in [-0.25, -0.2) is 8.78 Å². The Balaban J connectivity index is 1.89. The van der Waals surface area contributed by atoms with Crippen LogP contribution in [0.4, 0.5) is 8.78 Å². The van der Waals surface area contributed by atoms with Crippen molar-refractivity contribution in [3.63, 3.8) is 0 Å². The SMILES string of the molecule is O=C(O)[C@H]1CCCN(C(=O)CSc2ccc(F)c(F)c2)C1. The summed E-state index contributed by atoms with van der Waals surface area (Å²) in [5, 5.41) is 8.98. The maximum absolute atomic E-state index is 13.0. The van der Waals surface area contributed by atoms with Crippen molar-refractivity contribution in [1.82, 2.24) is 4.90 Å². The van der Waals surface area contributed by atoms with Gasteiger partial charge < -0.3 is 10.0 Å². The fourth-order valence-corrected chi connectivity index (χ4v) is 3.03. The molecule has 0 aliphatic carbocycles. The lowest BCUT2D eigenvalue weighted by Crippen LogP contribution is -2.43. The lowest BCUT2D eigenvalue weighted by atomic mass is 9.98. The van der Waals surface area contributed by atoms with Gasteiger partial charge in [-0.2, -0.15) is 0 Å². The number of nitrogens with zero attached hydrogens (tertiary/aromatic N) is 1. The molecule has 1 heterocycles. The molecule has 7 heteroatoms. The Morgan fingerprint density at radius 3 is 2.76 bits per heavy atom. The first-order chi connectivity index (χ1) is 9.97. The Morgan fingerprint density at radius 1 is 1.33 bits per heavy atom. The maximum atomic E-state index is 13.0. The highest BCUT2D eigenvalue weighted by molar-refractivity contribution is 8.00. The number of likely N-dealkylation sites (tertiary alicyclic amines) is 1. The highest BCUT2D eigenvalue weighted by Gasteiger charge is 2.27. The first-order valence-electron chi connectivity index (χ1n) is 6.56. The second kappa shape index (κ2) is 6.89. The van der Waals surface area contributed by atoms with E-state index in [-0.39, 0.29) is 18.2 Å². The number of hydrogen-bond acceptors (Lipinski definition) is 3. The highest BCUT2D eigenvalue weighted by atomic mass is 32.2. The molecule has 0 spiro atoms. The molecule has 1 amide bonds. The maximum Gasteiger partial charge on any atom is 0.308 e. The smallest absolute Gasteiger partial charge is 0.308 e. The molecule has 1 N–H and O–H groups in total. The summed E-state index contributed by atoms with van der Waals surface area (Å²) in [5.41, 5.74) is 0. The second-order valence-electron chi connectivity index (χ2n) is 4.88. The molecule has 0 unspecified atom stereocenters. The predicted octanol–water partition coefficient (Wildman–Crippen LogP) is 2.38. The fraction of sp³-hybridized carbons (Fsp3) is 0.429. The van der Waals surface area contributed by atoms with E-state index in [9.17, 15) is 18.4 Å². The molecule has 0 radical (unpaired) electrons. The van der Waals surface area contributed by atoms with Crippen LogP contribution in [0.2, 0.25) is 0 Å². The topological polar surface area (TPSA) is 57.6 Å². The van der Waals surface area contributed by atoms with Crippen molar-refractivity contribution in [3.8, 4) is 0 Å². The summed E-state index contributed by atoms with van der Waals surface area (Å²) >= 11 is 1.11. The Hall–Kier alpha value is -1.63. The number of piperidine rings is 1. The van der Waals surface area contributed by atoms with Gasteiger partial charge in [0.2, 0.25) is 5.91 Å². The van der Waals surface area contributed by atoms with E-state index in [1.54, 1.807) is 0 Å². The van der Waals surface area contributed by atoms with E-state index >= 15 is 0 Å². The molecule has 1 aromatic carbocycles. The van der Waals surface area contributed by atoms with Gasteiger partial charge >= 0.3 is 5.97 Å². The third kappa shape index (κ3) is 4.17. The molecule has 1 fully saturated rings. The van der Waals surface area contributed by atoms with Crippen LogP contribution < -0.4 is 0 Å². The number of thioether (sulfide) groups is 1. The number of benzene rings is 1. The van der Waals surface area contributed by atoms with Gasteiger partial charge in [-0.05, 0) is 31.0 Å². The molecule has 1 aliphatic rings. The van der Waals surface area contributed by atoms with Gasteiger partial charge in [0.1, 0.15) is 0 Å². The van der Waals surface area contributed by atoms with Crippen molar-refractivity contribution < 1.29 is 23.5 Å². The quantitative estimate of drug-likeness (QED) is 0.867. The largest absolute Gasteiger partial charge is 0.481 e. The summed E-state index contributed by atoms with van der Waals surface area (Å²) in [4.78, 5) is 25.0. The van der Waals surface area contributed by atoms with Gasteiger partial charge in [-0.15, -0.1) is 11.8 Å². The average molecular weight is 315 g/mol. The minimum atomic E-state index is -0.948. The van der Waals surface area contributed by atoms with E-state index in [1.807, 2.05) is 0 Å². The monoisotopic (exact) mass is 315 g/mol. The van der Waals surface area contributed by atoms with Gasteiger partial charge in [0.15, 0.2) is 11.6 Å². The van der Waals surface area contributed by atoms with Crippen LogP contribution in [0, 0.1) is 17.6 Å². The van der Waals surface area contributed by atoms with Gasteiger partial charge in [0.05, 0.1) is 11.7 Å². The molecular formula is C14H15F2NO3S. The van der Waals surface area contributed by atoms with Crippen LogP contribution in [0.25, 0.3) is 0 Å². The molecule has 0 bridgehead atoms. The molecule has 4 nitrogen and oxygen atoms in total. The van der Waals surface area contributed by atoms with Crippen molar-refractivity contribution >= 4 is 23.6 Å². The summed E-state index contributed by atoms with van der Waals surface area (Å²) in [7, 11) is 0. The minimum Gasteiger partial charge on any atom is -0.481 e. The molecule has 1 aliphatic heterocycles. The summed E-state index contributed by atoms with van der Waals surface area (Å²) in [6.45, 7) is 0.757. The van der Waals surface area contributed by atoms with E-state index in [1.165, 1.54) is 11.0 Å². The van der Waals surface area contributed by atoms with Crippen molar-refractivity contribution in [2.24, 2.45) is 5.92 Å². The zero-order chi connectivity index (χ0) is 15.4. The van der Waals surface area contributed by atoms with E-state index in [0.717, 1.165) is 23.9 Å². The molecule has 2 rings (SSSR count). The zero-order valence-electron chi connectivity index (χ0n) is 11.2. The summed E-state index contributed by atoms with van der Waals surface area (Å²) in [6.07, 6.45) is 1.24. The van der Waals surface area contributed by atoms with Crippen molar-refractivity contribution in [1.29, 1.82) is 0 Å². The lowest BCUT2D eigenvalue weighted by molar-refractivity contribution is -0.145. The third-order valence-electron chi connectivity index (χ3n) is 3.38. The Morgan fingerprint density at radius 2 is 2.10 bits per heavy atom. The standard InChI is InChI=1S/C14H15F2NO3S/c15-11-4-3-10(6-12(11)16)21-8-13(18)17-5-1-2-9(7-17)14(19)20/h3-4,6,9H,1-2,5,7-8H2,(H,19,20)/t9-/m0/s1. The number of carbonyl (C=O) groups excluding carboxylic acids is 1. The number of halogens is 2. The third-order valence-corrected chi connectivity index (χ3v) is 4.36. The van der Waals surface area contributed by atoms with Gasteiger partial charge in [0.25, 0.3) is 0 Å². The highest BCUT2D eigenvalue weighted by Crippen LogP contribution is 2.22. The van der Waals surface area contributed by atoms with Gasteiger partial charge in [0, 0.05) is 18.0 Å². The summed E-state index contributed by atoms with van der Waals surface area (Å²) in [5.74, 6) is -3.38. The van der Waals surface area contributed by atoms with Crippen molar-refractivity contribution in [3.05, 3.63) is 29.8 Å². The Bertz CT molecular complexity index is 553. The number of carboxylic acids is 1. The predicted molar refractivity (Wildman–Crippen MR) is 74.0 cm³/mol. The van der Waals surface area contributed by atoms with Crippen LogP contribution in [-0.2, 0) is 9.59 Å². The molecule has 21 heavy (non-hydrogen) atoms. The van der Waals surface area contributed by atoms with Crippen molar-refractivity contribution in [2.45, 2.75) is 17.7 Å². The van der Waals surface area contributed by atoms with E-state index < -0.39 is 23.5 Å². The Kier molecular flexibility index (Phi) is 5.17. The summed E-state index contributed by atoms with van der Waals surface area (Å²) < 4.78 is 25.8. The van der Waals surface area contributed by atoms with Crippen LogP contribution in [0.15, 0.2) is 23.1 Å². The molecular weight excluding hydrogens is 300 g/mol. The number of carbonyl (C=O) groups is 2. The first-order valence-corrected chi connectivity index (χ1v) is 7.54. The number of amides is 1. The zero-order valence-corrected chi connectivity index (χ0v) is 12.0. The number of hydrogen-bond donors (Lipinski definition) is 1. The van der Waals surface area contributed by atoms with Gasteiger partial charge in [-0.1, -0.05) is 0 Å². The van der Waals surface area contributed by atoms with Crippen LogP contribution in [0.3, 0.4) is 0 Å². The summed E-state index contributed by atoms with van der Waals surface area (Å²) in [6, 6.07) is 3.47. The normalized spacial score (nSPS) is 18.6. The average Bonchev–Trinajstić information content (AvgIpc) is 2.48. The molecule has 1 aromatic rings. The number of rotatable bonds is 4. The van der Waals surface area contributed by atoms with Crippen LogP contribution >= 0.6 is 11.8 Å².